The van der Waals surface area contributed by atoms with Crippen LogP contribution in [0.4, 0.5) is 0 Å². The average Bonchev–Trinajstić information content (AvgIpc) is 3.07. The lowest BCUT2D eigenvalue weighted by Gasteiger charge is -2.49. The number of aromatic hydroxyl groups is 4. The van der Waals surface area contributed by atoms with Gasteiger partial charge in [-0.1, -0.05) is 30.3 Å². The minimum atomic E-state index is -2.69. The summed E-state index contributed by atoms with van der Waals surface area (Å²) in [6.45, 7) is 0.0301. The summed E-state index contributed by atoms with van der Waals surface area (Å²) < 4.78 is 5.76. The van der Waals surface area contributed by atoms with Crippen LogP contribution in [0.5, 0.6) is 23.0 Å². The number of carbonyl (C=O) groups is 2. The van der Waals surface area contributed by atoms with E-state index in [-0.39, 0.29) is 22.3 Å². The van der Waals surface area contributed by atoms with Crippen molar-refractivity contribution in [1.29, 1.82) is 0 Å². The second-order valence-corrected chi connectivity index (χ2v) is 12.9. The zero-order valence-corrected chi connectivity index (χ0v) is 26.1. The molecule has 0 bridgehead atoms. The Balaban J connectivity index is 1.56. The molecule has 1 heterocycles. The quantitative estimate of drug-likeness (QED) is 0.132. The number of hydrogen-bond acceptors (Lipinski definition) is 14. The van der Waals surface area contributed by atoms with E-state index in [0.717, 1.165) is 18.2 Å². The molecule has 7 rings (SSSR count). The molecule has 1 saturated heterocycles. The minimum Gasteiger partial charge on any atom is -0.507 e. The Morgan fingerprint density at radius 3 is 1.96 bits per heavy atom. The summed E-state index contributed by atoms with van der Waals surface area (Å²) in [4.78, 5) is 28.0. The Hall–Kier alpha value is -4.90. The molecule has 4 aromatic rings. The number of hydrogen-bond donors (Lipinski definition) is 11. The van der Waals surface area contributed by atoms with Crippen LogP contribution in [0, 0.1) is 6.92 Å². The van der Waals surface area contributed by atoms with Crippen LogP contribution >= 0.6 is 0 Å². The van der Waals surface area contributed by atoms with Crippen LogP contribution in [0.3, 0.4) is 0 Å². The highest BCUT2D eigenvalue weighted by Gasteiger charge is 2.59. The van der Waals surface area contributed by atoms with Crippen molar-refractivity contribution in [2.75, 3.05) is 6.61 Å². The molecule has 0 radical (unpaired) electrons. The molecule has 14 heteroatoms. The average molecular weight is 689 g/mol. The van der Waals surface area contributed by atoms with Gasteiger partial charge in [-0.3, -0.25) is 9.59 Å². The van der Waals surface area contributed by atoms with Crippen molar-refractivity contribution in [1.82, 2.24) is 0 Å². The molecule has 7 atom stereocenters. The molecule has 260 valence electrons. The molecule has 4 aromatic carbocycles. The number of aliphatic hydroxyl groups is 7. The van der Waals surface area contributed by atoms with Gasteiger partial charge in [0, 0.05) is 27.8 Å². The van der Waals surface area contributed by atoms with Crippen LogP contribution in [0.1, 0.15) is 70.8 Å². The van der Waals surface area contributed by atoms with Gasteiger partial charge in [0.05, 0.1) is 35.5 Å². The van der Waals surface area contributed by atoms with Crippen molar-refractivity contribution >= 4 is 11.6 Å². The first-order valence-corrected chi connectivity index (χ1v) is 15.5. The van der Waals surface area contributed by atoms with E-state index >= 15 is 0 Å². The molecular weight excluding hydrogens is 656 g/mol. The van der Waals surface area contributed by atoms with Crippen LogP contribution < -0.4 is 0 Å². The lowest BCUT2D eigenvalue weighted by Crippen LogP contribution is -2.65. The first-order valence-electron chi connectivity index (χ1n) is 15.5. The van der Waals surface area contributed by atoms with E-state index in [1.807, 2.05) is 0 Å². The summed E-state index contributed by atoms with van der Waals surface area (Å²) in [6.07, 6.45) is -9.30. The fourth-order valence-corrected chi connectivity index (χ4v) is 7.70. The molecule has 2 aliphatic carbocycles. The van der Waals surface area contributed by atoms with Crippen molar-refractivity contribution in [2.24, 2.45) is 0 Å². The Bertz CT molecular complexity index is 2120. The number of aliphatic hydroxyl groups excluding tert-OH is 5. The SMILES string of the molecule is Cc1cc(O)c2c(c1)C(O)(C1OC(CO)C(O)C(O)C1O)c1ccc(C3(O)c4cccc(O)c4C(=O)c4c(O)cc(CO)cc43)c(O)c1C2=O. The van der Waals surface area contributed by atoms with Gasteiger partial charge in [-0.2, -0.15) is 0 Å². The van der Waals surface area contributed by atoms with E-state index in [2.05, 4.69) is 0 Å². The fraction of sp³-hybridized carbons (Fsp3) is 0.278. The lowest BCUT2D eigenvalue weighted by molar-refractivity contribution is -0.265. The van der Waals surface area contributed by atoms with Crippen molar-refractivity contribution < 1.29 is 70.5 Å². The van der Waals surface area contributed by atoms with Gasteiger partial charge in [-0.05, 0) is 42.3 Å². The third kappa shape index (κ3) is 4.25. The summed E-state index contributed by atoms with van der Waals surface area (Å²) in [6, 6.07) is 10.7. The summed E-state index contributed by atoms with van der Waals surface area (Å²) in [7, 11) is 0. The van der Waals surface area contributed by atoms with Crippen molar-refractivity contribution in [2.45, 2.75) is 55.3 Å². The smallest absolute Gasteiger partial charge is 0.201 e. The molecule has 7 unspecified atom stereocenters. The highest BCUT2D eigenvalue weighted by Crippen LogP contribution is 2.55. The number of ketones is 2. The normalized spacial score (nSPS) is 28.4. The van der Waals surface area contributed by atoms with E-state index in [4.69, 9.17) is 4.74 Å². The van der Waals surface area contributed by atoms with E-state index in [0.29, 0.717) is 5.56 Å². The van der Waals surface area contributed by atoms with Crippen molar-refractivity contribution in [3.8, 4) is 23.0 Å². The number of phenols is 4. The molecule has 0 amide bonds. The van der Waals surface area contributed by atoms with E-state index in [9.17, 15) is 65.8 Å². The van der Waals surface area contributed by atoms with Gasteiger partial charge in [0.2, 0.25) is 11.6 Å². The zero-order chi connectivity index (χ0) is 36.2. The first kappa shape index (κ1) is 33.6. The highest BCUT2D eigenvalue weighted by atomic mass is 16.6. The van der Waals surface area contributed by atoms with Crippen molar-refractivity contribution in [3.63, 3.8) is 0 Å². The zero-order valence-electron chi connectivity index (χ0n) is 26.1. The molecule has 0 saturated carbocycles. The topological polar surface area (TPSA) is 266 Å². The van der Waals surface area contributed by atoms with Crippen LogP contribution in [0.2, 0.25) is 0 Å². The number of phenolic OH excluding ortho intramolecular Hbond substituents is 4. The Labute approximate surface area is 282 Å². The maximum atomic E-state index is 14.3. The predicted molar refractivity (Wildman–Crippen MR) is 169 cm³/mol. The van der Waals surface area contributed by atoms with Crippen LogP contribution in [0.15, 0.2) is 54.6 Å². The Morgan fingerprint density at radius 2 is 1.28 bits per heavy atom. The van der Waals surface area contributed by atoms with E-state index in [1.54, 1.807) is 0 Å². The summed E-state index contributed by atoms with van der Waals surface area (Å²) in [5, 5.41) is 122. The van der Waals surface area contributed by atoms with E-state index < -0.39 is 123 Å². The molecule has 0 spiro atoms. The Morgan fingerprint density at radius 1 is 0.660 bits per heavy atom. The minimum absolute atomic E-state index is 0.0517. The molecule has 3 aliphatic rings. The van der Waals surface area contributed by atoms with Gasteiger partial charge in [0.25, 0.3) is 0 Å². The van der Waals surface area contributed by atoms with Crippen LogP contribution in [-0.2, 0) is 22.5 Å². The second-order valence-electron chi connectivity index (χ2n) is 12.9. The maximum Gasteiger partial charge on any atom is 0.201 e. The predicted octanol–water partition coefficient (Wildman–Crippen LogP) is -0.239. The first-order chi connectivity index (χ1) is 23.6. The largest absolute Gasteiger partial charge is 0.507 e. The summed E-state index contributed by atoms with van der Waals surface area (Å²) in [5.74, 6) is -4.83. The van der Waals surface area contributed by atoms with Gasteiger partial charge in [0.15, 0.2) is 0 Å². The van der Waals surface area contributed by atoms with Crippen LogP contribution in [-0.4, -0.2) is 105 Å². The monoisotopic (exact) mass is 688 g/mol. The molecule has 0 aromatic heterocycles. The standard InChI is InChI=1S/C36H32O14/c1-13-7-18-25(21(40)8-13)31(45)27-16(36(18,49)34-33(47)32(46)29(43)23(12-38)50-34)5-6-17(28(27)42)35(48)15-3-2-4-20(39)24(15)30(44)26-19(35)9-14(11-37)10-22(26)41/h2-10,23,29,32-34,37-43,46-49H,11-12H2,1H3. The fourth-order valence-electron chi connectivity index (χ4n) is 7.70. The molecule has 1 fully saturated rings. The third-order valence-electron chi connectivity index (χ3n) is 10.0. The number of carbonyl (C=O) groups excluding carboxylic acids is 2. The number of benzene rings is 4. The number of rotatable bonds is 4. The third-order valence-corrected chi connectivity index (χ3v) is 10.0. The van der Waals surface area contributed by atoms with Gasteiger partial charge in [-0.15, -0.1) is 0 Å². The number of ether oxygens (including phenoxy) is 1. The number of aryl methyl sites for hydroxylation is 1. The summed E-state index contributed by atoms with van der Waals surface area (Å²) in [5.41, 5.74) is -8.90. The Kier molecular flexibility index (Phi) is 7.60. The van der Waals surface area contributed by atoms with Gasteiger partial charge in [0.1, 0.15) is 64.7 Å². The molecular formula is C36H32O14. The summed E-state index contributed by atoms with van der Waals surface area (Å²) >= 11 is 0. The number of fused-ring (bicyclic) bond motifs is 4. The van der Waals surface area contributed by atoms with E-state index in [1.165, 1.54) is 43.3 Å². The van der Waals surface area contributed by atoms with Gasteiger partial charge in [-0.25, -0.2) is 0 Å². The molecule has 14 nitrogen and oxygen atoms in total. The maximum absolute atomic E-state index is 14.3. The van der Waals surface area contributed by atoms with Crippen molar-refractivity contribution in [3.05, 3.63) is 116 Å². The van der Waals surface area contributed by atoms with Gasteiger partial charge >= 0.3 is 0 Å². The second kappa shape index (κ2) is 11.3. The highest BCUT2D eigenvalue weighted by molar-refractivity contribution is 6.18. The molecule has 11 N–H and O–H groups in total. The van der Waals surface area contributed by atoms with Gasteiger partial charge < -0.3 is 60.9 Å². The van der Waals surface area contributed by atoms with Crippen LogP contribution in [0.25, 0.3) is 0 Å². The lowest BCUT2D eigenvalue weighted by atomic mass is 9.65. The molecule has 50 heavy (non-hydrogen) atoms. The molecule has 1 aliphatic heterocycles.